The van der Waals surface area contributed by atoms with Gasteiger partial charge in [-0.05, 0) is 37.0 Å². The van der Waals surface area contributed by atoms with E-state index in [1.54, 1.807) is 7.11 Å². The van der Waals surface area contributed by atoms with E-state index in [4.69, 9.17) is 16.3 Å². The predicted octanol–water partition coefficient (Wildman–Crippen LogP) is 1.57. The third-order valence-corrected chi connectivity index (χ3v) is 4.97. The number of terminal acetylenes is 1. The van der Waals surface area contributed by atoms with Gasteiger partial charge in [0, 0.05) is 19.4 Å². The molecule has 9 nitrogen and oxygen atoms in total. The molecule has 0 aliphatic heterocycles. The van der Waals surface area contributed by atoms with E-state index in [2.05, 4.69) is 15.9 Å². The second-order valence-electron chi connectivity index (χ2n) is 7.11. The van der Waals surface area contributed by atoms with Crippen LogP contribution in [0.2, 0.25) is 0 Å². The monoisotopic (exact) mass is 424 g/mol. The van der Waals surface area contributed by atoms with E-state index in [0.29, 0.717) is 31.5 Å². The van der Waals surface area contributed by atoms with Gasteiger partial charge in [0.15, 0.2) is 5.65 Å². The molecule has 3 aromatic rings. The maximum atomic E-state index is 12.8. The summed E-state index contributed by atoms with van der Waals surface area (Å²) in [7, 11) is 1.61. The first-order valence-corrected chi connectivity index (χ1v) is 9.95. The molecule has 0 atom stereocenters. The molecular weight excluding hydrogens is 400 g/mol. The first-order valence-electron chi connectivity index (χ1n) is 9.95. The van der Waals surface area contributed by atoms with Crippen molar-refractivity contribution in [2.45, 2.75) is 45.2 Å². The van der Waals surface area contributed by atoms with Gasteiger partial charge in [-0.1, -0.05) is 18.1 Å². The molecule has 0 fully saturated rings. The summed E-state index contributed by atoms with van der Waals surface area (Å²) in [4.78, 5) is 43.9. The molecule has 0 amide bonds. The molecule has 9 heteroatoms. The summed E-state index contributed by atoms with van der Waals surface area (Å²) in [5, 5.41) is 8.82. The number of ether oxygens (including phenoxy) is 1. The average Bonchev–Trinajstić information content (AvgIpc) is 3.19. The second-order valence-corrected chi connectivity index (χ2v) is 7.11. The standard InChI is InChI=1S/C22H24N4O5/c1-3-12-26-21(29)19-20(25(22(26)30)13-5-4-9-18(27)28)24-17(23-19)11-10-15-7-6-8-16(14-15)31-2/h1,6-8,14H,4-5,9-13H2,2H3,(H,23,24)(H,27,28). The van der Waals surface area contributed by atoms with Crippen LogP contribution in [0, 0.1) is 12.3 Å². The van der Waals surface area contributed by atoms with Crippen molar-refractivity contribution in [3.05, 3.63) is 56.5 Å². The number of hydrogen-bond acceptors (Lipinski definition) is 5. The van der Waals surface area contributed by atoms with E-state index < -0.39 is 17.2 Å². The number of nitrogens with one attached hydrogen (secondary N) is 1. The highest BCUT2D eigenvalue weighted by atomic mass is 16.5. The Morgan fingerprint density at radius 1 is 1.26 bits per heavy atom. The highest BCUT2D eigenvalue weighted by Gasteiger charge is 2.17. The lowest BCUT2D eigenvalue weighted by Gasteiger charge is -2.09. The number of methoxy groups -OCH3 is 1. The molecule has 1 aromatic carbocycles. The summed E-state index contributed by atoms with van der Waals surface area (Å²) in [6, 6.07) is 7.67. The molecule has 0 aliphatic rings. The van der Waals surface area contributed by atoms with Crippen molar-refractivity contribution in [2.75, 3.05) is 7.11 Å². The predicted molar refractivity (Wildman–Crippen MR) is 115 cm³/mol. The summed E-state index contributed by atoms with van der Waals surface area (Å²) in [5.41, 5.74) is 0.472. The zero-order valence-corrected chi connectivity index (χ0v) is 17.3. The average molecular weight is 424 g/mol. The fourth-order valence-electron chi connectivity index (χ4n) is 3.40. The number of rotatable bonds is 10. The van der Waals surface area contributed by atoms with E-state index in [0.717, 1.165) is 15.9 Å². The van der Waals surface area contributed by atoms with Gasteiger partial charge in [-0.15, -0.1) is 6.42 Å². The Hall–Kier alpha value is -3.80. The fraction of sp³-hybridized carbons (Fsp3) is 0.364. The Morgan fingerprint density at radius 2 is 2.06 bits per heavy atom. The molecule has 0 radical (unpaired) electrons. The number of aliphatic carboxylic acids is 1. The van der Waals surface area contributed by atoms with E-state index in [9.17, 15) is 14.4 Å². The van der Waals surface area contributed by atoms with Crippen molar-refractivity contribution in [3.8, 4) is 18.1 Å². The molecule has 0 unspecified atom stereocenters. The number of hydrogen-bond donors (Lipinski definition) is 2. The number of unbranched alkanes of at least 4 members (excludes halogenated alkanes) is 1. The number of carboxylic acids is 1. The zero-order valence-electron chi connectivity index (χ0n) is 17.3. The highest BCUT2D eigenvalue weighted by Crippen LogP contribution is 2.15. The summed E-state index contributed by atoms with van der Waals surface area (Å²) in [6.07, 6.45) is 7.40. The summed E-state index contributed by atoms with van der Waals surface area (Å²) in [6.45, 7) is 0.0918. The Balaban J connectivity index is 1.92. The van der Waals surface area contributed by atoms with Gasteiger partial charge in [0.05, 0.1) is 13.7 Å². The quantitative estimate of drug-likeness (QED) is 0.377. The summed E-state index contributed by atoms with van der Waals surface area (Å²) in [5.74, 6) is 2.77. The largest absolute Gasteiger partial charge is 0.497 e. The topological polar surface area (TPSA) is 119 Å². The van der Waals surface area contributed by atoms with Crippen LogP contribution in [0.1, 0.15) is 30.7 Å². The number of benzene rings is 1. The van der Waals surface area contributed by atoms with Gasteiger partial charge in [0.1, 0.15) is 17.1 Å². The maximum Gasteiger partial charge on any atom is 0.333 e. The van der Waals surface area contributed by atoms with E-state index in [-0.39, 0.29) is 30.7 Å². The molecule has 0 aliphatic carbocycles. The highest BCUT2D eigenvalue weighted by molar-refractivity contribution is 5.70. The summed E-state index contributed by atoms with van der Waals surface area (Å²) < 4.78 is 7.62. The number of aromatic amines is 1. The van der Waals surface area contributed by atoms with E-state index >= 15 is 0 Å². The fourth-order valence-corrected chi connectivity index (χ4v) is 3.40. The van der Waals surface area contributed by atoms with Gasteiger partial charge >= 0.3 is 11.7 Å². The maximum absolute atomic E-state index is 12.8. The van der Waals surface area contributed by atoms with Crippen LogP contribution in [0.3, 0.4) is 0 Å². The van der Waals surface area contributed by atoms with Crippen LogP contribution >= 0.6 is 0 Å². The molecule has 0 bridgehead atoms. The van der Waals surface area contributed by atoms with Gasteiger partial charge in [-0.25, -0.2) is 14.3 Å². The Labute approximate surface area is 178 Å². The van der Waals surface area contributed by atoms with E-state index in [1.165, 1.54) is 4.57 Å². The third-order valence-electron chi connectivity index (χ3n) is 4.97. The smallest absolute Gasteiger partial charge is 0.333 e. The van der Waals surface area contributed by atoms with Gasteiger partial charge in [-0.2, -0.15) is 0 Å². The Morgan fingerprint density at radius 3 is 2.77 bits per heavy atom. The summed E-state index contributed by atoms with van der Waals surface area (Å²) >= 11 is 0. The number of H-pyrrole nitrogens is 1. The van der Waals surface area contributed by atoms with Crippen LogP contribution in [0.15, 0.2) is 33.9 Å². The number of imidazole rings is 1. The number of carbonyl (C=O) groups is 1. The minimum absolute atomic E-state index is 0.00818. The number of aromatic nitrogens is 4. The molecule has 31 heavy (non-hydrogen) atoms. The third kappa shape index (κ3) is 5.04. The van der Waals surface area contributed by atoms with Crippen molar-refractivity contribution in [1.82, 2.24) is 19.1 Å². The lowest BCUT2D eigenvalue weighted by Crippen LogP contribution is -2.40. The molecule has 0 saturated heterocycles. The zero-order chi connectivity index (χ0) is 22.4. The number of nitrogens with zero attached hydrogens (tertiary/aromatic N) is 3. The van der Waals surface area contributed by atoms with Crippen LogP contribution in [-0.4, -0.2) is 37.3 Å². The van der Waals surface area contributed by atoms with Crippen LogP contribution in [0.4, 0.5) is 0 Å². The van der Waals surface area contributed by atoms with Crippen LogP contribution in [-0.2, 0) is 30.7 Å². The van der Waals surface area contributed by atoms with Crippen LogP contribution in [0.25, 0.3) is 11.2 Å². The molecular formula is C22H24N4O5. The van der Waals surface area contributed by atoms with Crippen molar-refractivity contribution in [2.24, 2.45) is 0 Å². The second kappa shape index (κ2) is 9.80. The van der Waals surface area contributed by atoms with Crippen molar-refractivity contribution >= 4 is 17.1 Å². The molecule has 2 N–H and O–H groups in total. The lowest BCUT2D eigenvalue weighted by molar-refractivity contribution is -0.137. The first kappa shape index (κ1) is 21.9. The molecule has 162 valence electrons. The first-order chi connectivity index (χ1) is 14.9. The SMILES string of the molecule is C#CCn1c(=O)c2[nH]c(CCc3cccc(OC)c3)nc2n(CCCCC(=O)O)c1=O. The van der Waals surface area contributed by atoms with Gasteiger partial charge in [0.25, 0.3) is 5.56 Å². The normalized spacial score (nSPS) is 10.8. The van der Waals surface area contributed by atoms with E-state index in [1.807, 2.05) is 24.3 Å². The number of aryl methyl sites for hydroxylation is 3. The minimum atomic E-state index is -0.894. The molecule has 3 rings (SSSR count). The lowest BCUT2D eigenvalue weighted by atomic mass is 10.1. The van der Waals surface area contributed by atoms with Crippen molar-refractivity contribution < 1.29 is 14.6 Å². The van der Waals surface area contributed by atoms with Gasteiger partial charge in [-0.3, -0.25) is 14.2 Å². The molecule has 2 aromatic heterocycles. The Bertz CT molecular complexity index is 1250. The minimum Gasteiger partial charge on any atom is -0.497 e. The molecule has 0 saturated carbocycles. The van der Waals surface area contributed by atoms with Gasteiger partial charge < -0.3 is 14.8 Å². The Kier molecular flexibility index (Phi) is 6.92. The van der Waals surface area contributed by atoms with Crippen LogP contribution in [0.5, 0.6) is 5.75 Å². The molecule has 0 spiro atoms. The number of carboxylic acid groups (broad SMARTS) is 1. The van der Waals surface area contributed by atoms with Gasteiger partial charge in [0.2, 0.25) is 0 Å². The van der Waals surface area contributed by atoms with Crippen molar-refractivity contribution in [3.63, 3.8) is 0 Å². The number of fused-ring (bicyclic) bond motifs is 1. The molecule has 2 heterocycles. The van der Waals surface area contributed by atoms with Crippen molar-refractivity contribution in [1.29, 1.82) is 0 Å². The van der Waals surface area contributed by atoms with Crippen LogP contribution < -0.4 is 16.0 Å².